The van der Waals surface area contributed by atoms with E-state index in [-0.39, 0.29) is 17.0 Å². The molecule has 1 heterocycles. The quantitative estimate of drug-likeness (QED) is 0.612. The fourth-order valence-corrected chi connectivity index (χ4v) is 3.83. The maximum absolute atomic E-state index is 13.0. The van der Waals surface area contributed by atoms with Gasteiger partial charge in [-0.05, 0) is 49.6 Å². The van der Waals surface area contributed by atoms with Crippen molar-refractivity contribution >= 4 is 17.7 Å². The summed E-state index contributed by atoms with van der Waals surface area (Å²) in [6.07, 6.45) is 2.26. The van der Waals surface area contributed by atoms with Crippen LogP contribution in [0.1, 0.15) is 37.1 Å². The molecule has 0 radical (unpaired) electrons. The van der Waals surface area contributed by atoms with Gasteiger partial charge in [-0.3, -0.25) is 9.36 Å². The summed E-state index contributed by atoms with van der Waals surface area (Å²) in [6, 6.07) is 16.1. The lowest BCUT2D eigenvalue weighted by molar-refractivity contribution is -0.120. The Hall–Kier alpha value is -2.67. The molecule has 0 bridgehead atoms. The summed E-state index contributed by atoms with van der Waals surface area (Å²) in [5.41, 5.74) is 1.87. The average Bonchev–Trinajstić information content (AvgIpc) is 3.48. The van der Waals surface area contributed by atoms with Crippen molar-refractivity contribution in [3.8, 4) is 5.69 Å². The van der Waals surface area contributed by atoms with Gasteiger partial charge in [0.2, 0.25) is 5.91 Å². The van der Waals surface area contributed by atoms with Crippen LogP contribution in [0.4, 0.5) is 4.39 Å². The molecule has 1 aliphatic carbocycles. The normalized spacial score (nSPS) is 14.6. The van der Waals surface area contributed by atoms with Gasteiger partial charge in [-0.1, -0.05) is 42.1 Å². The molecule has 4 rings (SSSR count). The van der Waals surface area contributed by atoms with Gasteiger partial charge in [-0.2, -0.15) is 0 Å². The van der Waals surface area contributed by atoms with Crippen LogP contribution in [-0.2, 0) is 11.3 Å². The molecule has 28 heavy (non-hydrogen) atoms. The number of hydrogen-bond acceptors (Lipinski definition) is 4. The van der Waals surface area contributed by atoms with Gasteiger partial charge in [0, 0.05) is 18.2 Å². The summed E-state index contributed by atoms with van der Waals surface area (Å²) in [6.45, 7) is 2.22. The Morgan fingerprint density at radius 3 is 2.57 bits per heavy atom. The second-order valence-electron chi connectivity index (χ2n) is 6.89. The Morgan fingerprint density at radius 1 is 1.18 bits per heavy atom. The highest BCUT2D eigenvalue weighted by Crippen LogP contribution is 2.41. The van der Waals surface area contributed by atoms with Crippen molar-refractivity contribution < 1.29 is 9.18 Å². The van der Waals surface area contributed by atoms with E-state index in [2.05, 4.69) is 20.1 Å². The third-order valence-corrected chi connectivity index (χ3v) is 5.69. The first-order chi connectivity index (χ1) is 13.6. The molecule has 0 spiro atoms. The van der Waals surface area contributed by atoms with Crippen molar-refractivity contribution in [2.45, 2.75) is 42.6 Å². The van der Waals surface area contributed by atoms with Crippen LogP contribution in [0.25, 0.3) is 5.69 Å². The molecule has 144 valence electrons. The molecular formula is C21H21FN4OS. The molecule has 7 heteroatoms. The number of nitrogens with one attached hydrogen (secondary N) is 1. The van der Waals surface area contributed by atoms with E-state index in [9.17, 15) is 9.18 Å². The van der Waals surface area contributed by atoms with Crippen LogP contribution in [0.5, 0.6) is 0 Å². The number of para-hydroxylation sites is 1. The Labute approximate surface area is 167 Å². The Kier molecular flexibility index (Phi) is 5.43. The van der Waals surface area contributed by atoms with Gasteiger partial charge in [-0.25, -0.2) is 4.39 Å². The highest BCUT2D eigenvalue weighted by Gasteiger charge is 2.31. The lowest BCUT2D eigenvalue weighted by Crippen LogP contribution is -2.30. The number of rotatable bonds is 7. The predicted octanol–water partition coefficient (Wildman–Crippen LogP) is 4.08. The van der Waals surface area contributed by atoms with Crippen molar-refractivity contribution in [1.82, 2.24) is 20.1 Å². The Balaban J connectivity index is 1.46. The fraction of sp³-hybridized carbons (Fsp3) is 0.286. The third kappa shape index (κ3) is 4.25. The summed E-state index contributed by atoms with van der Waals surface area (Å²) < 4.78 is 15.1. The molecule has 1 unspecified atom stereocenters. The van der Waals surface area contributed by atoms with E-state index in [1.165, 1.54) is 23.9 Å². The van der Waals surface area contributed by atoms with Crippen LogP contribution in [-0.4, -0.2) is 25.9 Å². The molecule has 1 aliphatic rings. The SMILES string of the molecule is CC(Sc1nnc(C2CC2)n1-c1ccccc1)C(=O)NCc1ccc(F)cc1. The van der Waals surface area contributed by atoms with E-state index >= 15 is 0 Å². The number of thioether (sulfide) groups is 1. The Morgan fingerprint density at radius 2 is 1.89 bits per heavy atom. The number of halogens is 1. The summed E-state index contributed by atoms with van der Waals surface area (Å²) in [5.74, 6) is 1.04. The molecule has 0 saturated heterocycles. The zero-order valence-electron chi connectivity index (χ0n) is 15.5. The second-order valence-corrected chi connectivity index (χ2v) is 8.20. The van der Waals surface area contributed by atoms with E-state index < -0.39 is 0 Å². The highest BCUT2D eigenvalue weighted by molar-refractivity contribution is 8.00. The average molecular weight is 396 g/mol. The molecule has 1 atom stereocenters. The van der Waals surface area contributed by atoms with Gasteiger partial charge < -0.3 is 5.32 Å². The topological polar surface area (TPSA) is 59.8 Å². The number of benzene rings is 2. The molecule has 5 nitrogen and oxygen atoms in total. The molecule has 1 amide bonds. The second kappa shape index (κ2) is 8.14. The first-order valence-corrected chi connectivity index (χ1v) is 10.2. The number of carbonyl (C=O) groups excluding carboxylic acids is 1. The molecule has 1 N–H and O–H groups in total. The zero-order chi connectivity index (χ0) is 19.5. The number of carbonyl (C=O) groups is 1. The molecule has 1 saturated carbocycles. The molecule has 1 aromatic heterocycles. The standard InChI is InChI=1S/C21H21FN4OS/c1-14(20(27)23-13-15-7-11-17(22)12-8-15)28-21-25-24-19(16-9-10-16)26(21)18-5-3-2-4-6-18/h2-8,11-12,14,16H,9-10,13H2,1H3,(H,23,27). The molecule has 3 aromatic rings. The molecule has 0 aliphatic heterocycles. The smallest absolute Gasteiger partial charge is 0.233 e. The lowest BCUT2D eigenvalue weighted by atomic mass is 10.2. The van der Waals surface area contributed by atoms with Crippen LogP contribution in [0.15, 0.2) is 59.8 Å². The lowest BCUT2D eigenvalue weighted by Gasteiger charge is -2.14. The van der Waals surface area contributed by atoms with Crippen molar-refractivity contribution in [3.05, 3.63) is 71.8 Å². The van der Waals surface area contributed by atoms with E-state index in [0.717, 1.165) is 35.1 Å². The van der Waals surface area contributed by atoms with Crippen LogP contribution in [0, 0.1) is 5.82 Å². The van der Waals surface area contributed by atoms with Gasteiger partial charge in [-0.15, -0.1) is 10.2 Å². The fourth-order valence-electron chi connectivity index (χ4n) is 2.93. The van der Waals surface area contributed by atoms with Crippen LogP contribution < -0.4 is 5.32 Å². The maximum Gasteiger partial charge on any atom is 0.233 e. The zero-order valence-corrected chi connectivity index (χ0v) is 16.3. The van der Waals surface area contributed by atoms with Gasteiger partial charge in [0.1, 0.15) is 11.6 Å². The minimum absolute atomic E-state index is 0.0927. The van der Waals surface area contributed by atoms with E-state index in [1.54, 1.807) is 12.1 Å². The molecule has 1 fully saturated rings. The number of amides is 1. The Bertz CT molecular complexity index is 954. The highest BCUT2D eigenvalue weighted by atomic mass is 32.2. The third-order valence-electron chi connectivity index (χ3n) is 4.65. The van der Waals surface area contributed by atoms with Crippen molar-refractivity contribution in [1.29, 1.82) is 0 Å². The summed E-state index contributed by atoms with van der Waals surface area (Å²) in [7, 11) is 0. The van der Waals surface area contributed by atoms with Crippen LogP contribution >= 0.6 is 11.8 Å². The maximum atomic E-state index is 13.0. The van der Waals surface area contributed by atoms with Gasteiger partial charge in [0.15, 0.2) is 5.16 Å². The molecular weight excluding hydrogens is 375 g/mol. The van der Waals surface area contributed by atoms with Crippen LogP contribution in [0.2, 0.25) is 0 Å². The van der Waals surface area contributed by atoms with E-state index in [1.807, 2.05) is 37.3 Å². The monoisotopic (exact) mass is 396 g/mol. The number of aromatic nitrogens is 3. The van der Waals surface area contributed by atoms with Crippen LogP contribution in [0.3, 0.4) is 0 Å². The summed E-state index contributed by atoms with van der Waals surface area (Å²) >= 11 is 1.39. The summed E-state index contributed by atoms with van der Waals surface area (Å²) in [4.78, 5) is 12.5. The first-order valence-electron chi connectivity index (χ1n) is 9.31. The van der Waals surface area contributed by atoms with Gasteiger partial charge >= 0.3 is 0 Å². The van der Waals surface area contributed by atoms with Crippen molar-refractivity contribution in [2.75, 3.05) is 0 Å². The van der Waals surface area contributed by atoms with Gasteiger partial charge in [0.05, 0.1) is 5.25 Å². The predicted molar refractivity (Wildman–Crippen MR) is 107 cm³/mol. The largest absolute Gasteiger partial charge is 0.351 e. The minimum Gasteiger partial charge on any atom is -0.351 e. The van der Waals surface area contributed by atoms with Gasteiger partial charge in [0.25, 0.3) is 0 Å². The first kappa shape index (κ1) is 18.7. The van der Waals surface area contributed by atoms with E-state index in [0.29, 0.717) is 12.5 Å². The molecule has 2 aromatic carbocycles. The number of nitrogens with zero attached hydrogens (tertiary/aromatic N) is 3. The summed E-state index contributed by atoms with van der Waals surface area (Å²) in [5, 5.41) is 12.0. The minimum atomic E-state index is -0.334. The van der Waals surface area contributed by atoms with Crippen molar-refractivity contribution in [3.63, 3.8) is 0 Å². The van der Waals surface area contributed by atoms with Crippen molar-refractivity contribution in [2.24, 2.45) is 0 Å². The number of hydrogen-bond donors (Lipinski definition) is 1. The van der Waals surface area contributed by atoms with E-state index in [4.69, 9.17) is 0 Å².